The van der Waals surface area contributed by atoms with Crippen LogP contribution in [0.25, 0.3) is 0 Å². The molecule has 0 amide bonds. The third kappa shape index (κ3) is 3.35. The van der Waals surface area contributed by atoms with E-state index in [2.05, 4.69) is 4.98 Å². The van der Waals surface area contributed by atoms with Gasteiger partial charge < -0.3 is 9.47 Å². The van der Waals surface area contributed by atoms with Crippen LogP contribution >= 0.6 is 0 Å². The Labute approximate surface area is 143 Å². The normalized spacial score (nSPS) is 27.6. The molecule has 0 aromatic carbocycles. The minimum Gasteiger partial charge on any atom is -0.372 e. The molecule has 1 aliphatic carbocycles. The van der Waals surface area contributed by atoms with Crippen LogP contribution in [0.15, 0.2) is 24.4 Å². The average molecular weight is 352 g/mol. The molecular weight excluding hydrogens is 328 g/mol. The number of rotatable bonds is 5. The van der Waals surface area contributed by atoms with Gasteiger partial charge in [0.05, 0.1) is 35.9 Å². The van der Waals surface area contributed by atoms with Crippen molar-refractivity contribution in [2.75, 3.05) is 19.7 Å². The van der Waals surface area contributed by atoms with Gasteiger partial charge in [-0.1, -0.05) is 6.07 Å². The number of hydrogen-bond donors (Lipinski definition) is 0. The maximum atomic E-state index is 12.3. The lowest BCUT2D eigenvalue weighted by Crippen LogP contribution is -2.47. The van der Waals surface area contributed by atoms with Gasteiger partial charge in [-0.15, -0.1) is 0 Å². The summed E-state index contributed by atoms with van der Waals surface area (Å²) in [5.74, 6) is 0. The first kappa shape index (κ1) is 16.4. The Morgan fingerprint density at radius 2 is 2.08 bits per heavy atom. The van der Waals surface area contributed by atoms with E-state index in [1.54, 1.807) is 10.5 Å². The van der Waals surface area contributed by atoms with E-state index in [1.807, 2.05) is 18.2 Å². The molecule has 0 bridgehead atoms. The Bertz CT molecular complexity index is 667. The van der Waals surface area contributed by atoms with E-state index in [-0.39, 0.29) is 17.0 Å². The van der Waals surface area contributed by atoms with Crippen molar-refractivity contribution in [3.8, 4) is 0 Å². The second kappa shape index (κ2) is 6.37. The van der Waals surface area contributed by atoms with Crippen LogP contribution in [0.3, 0.4) is 0 Å². The lowest BCUT2D eigenvalue weighted by Gasteiger charge is -2.38. The van der Waals surface area contributed by atoms with Crippen molar-refractivity contribution < 1.29 is 17.9 Å². The third-order valence-corrected chi connectivity index (χ3v) is 7.71. The van der Waals surface area contributed by atoms with Crippen LogP contribution in [0.1, 0.15) is 37.8 Å². The van der Waals surface area contributed by atoms with Crippen molar-refractivity contribution >= 4 is 10.0 Å². The minimum absolute atomic E-state index is 0.0681. The number of hydrogen-bond acceptors (Lipinski definition) is 5. The van der Waals surface area contributed by atoms with Crippen LogP contribution in [0.4, 0.5) is 0 Å². The van der Waals surface area contributed by atoms with E-state index in [4.69, 9.17) is 9.47 Å². The molecule has 132 valence electrons. The number of piperidine rings is 1. The molecule has 1 aromatic rings. The fraction of sp³-hybridized carbons (Fsp3) is 0.706. The van der Waals surface area contributed by atoms with Crippen LogP contribution in [0.5, 0.6) is 0 Å². The van der Waals surface area contributed by atoms with E-state index in [0.29, 0.717) is 26.3 Å². The van der Waals surface area contributed by atoms with Crippen molar-refractivity contribution in [1.29, 1.82) is 0 Å². The zero-order valence-electron chi connectivity index (χ0n) is 13.8. The topological polar surface area (TPSA) is 68.7 Å². The van der Waals surface area contributed by atoms with Gasteiger partial charge in [-0.25, -0.2) is 12.7 Å². The fourth-order valence-electron chi connectivity index (χ4n) is 3.67. The molecule has 3 fully saturated rings. The fourth-order valence-corrected chi connectivity index (χ4v) is 5.51. The van der Waals surface area contributed by atoms with Crippen molar-refractivity contribution in [2.24, 2.45) is 0 Å². The monoisotopic (exact) mass is 352 g/mol. The Hall–Kier alpha value is -1.02. The first-order valence-corrected chi connectivity index (χ1v) is 10.2. The molecule has 3 aliphatic rings. The zero-order valence-corrected chi connectivity index (χ0v) is 14.6. The second-order valence-corrected chi connectivity index (χ2v) is 9.31. The summed E-state index contributed by atoms with van der Waals surface area (Å²) in [7, 11) is -3.06. The van der Waals surface area contributed by atoms with Gasteiger partial charge in [-0.2, -0.15) is 0 Å². The van der Waals surface area contributed by atoms with Crippen LogP contribution < -0.4 is 0 Å². The molecule has 1 aromatic heterocycles. The van der Waals surface area contributed by atoms with E-state index < -0.39 is 10.0 Å². The molecule has 0 radical (unpaired) electrons. The Balaban J connectivity index is 1.29. The van der Waals surface area contributed by atoms with Gasteiger partial charge in [-0.3, -0.25) is 4.98 Å². The molecule has 1 saturated carbocycles. The number of nitrogens with zero attached hydrogens (tertiary/aromatic N) is 2. The predicted octanol–water partition coefficient (Wildman–Crippen LogP) is 1.71. The van der Waals surface area contributed by atoms with E-state index in [9.17, 15) is 8.42 Å². The molecule has 0 unspecified atom stereocenters. The number of aromatic nitrogens is 1. The Morgan fingerprint density at radius 3 is 2.75 bits per heavy atom. The number of ether oxygens (including phenoxy) is 2. The van der Waals surface area contributed by atoms with Gasteiger partial charge in [0.1, 0.15) is 0 Å². The van der Waals surface area contributed by atoms with Crippen LogP contribution in [0, 0.1) is 0 Å². The highest BCUT2D eigenvalue weighted by molar-refractivity contribution is 7.90. The highest BCUT2D eigenvalue weighted by Crippen LogP contribution is 2.40. The smallest absolute Gasteiger partial charge is 0.216 e. The van der Waals surface area contributed by atoms with Gasteiger partial charge in [-0.05, 0) is 37.8 Å². The SMILES string of the molecule is O=S(=O)(C1CC1)N1CCC2(CC1)C[C@H](OCc1ccccn1)CO2. The van der Waals surface area contributed by atoms with Gasteiger partial charge >= 0.3 is 0 Å². The summed E-state index contributed by atoms with van der Waals surface area (Å²) in [6.45, 7) is 2.23. The van der Waals surface area contributed by atoms with Crippen molar-refractivity contribution in [2.45, 2.75) is 55.7 Å². The van der Waals surface area contributed by atoms with Gasteiger partial charge in [0.2, 0.25) is 10.0 Å². The maximum Gasteiger partial charge on any atom is 0.216 e. The molecule has 6 nitrogen and oxygen atoms in total. The van der Waals surface area contributed by atoms with Crippen molar-refractivity contribution in [3.05, 3.63) is 30.1 Å². The molecule has 2 saturated heterocycles. The van der Waals surface area contributed by atoms with Crippen molar-refractivity contribution in [1.82, 2.24) is 9.29 Å². The first-order chi connectivity index (χ1) is 11.6. The number of pyridine rings is 1. The van der Waals surface area contributed by atoms with Gasteiger partial charge in [0.15, 0.2) is 0 Å². The summed E-state index contributed by atoms with van der Waals surface area (Å²) >= 11 is 0. The second-order valence-electron chi connectivity index (χ2n) is 7.10. The minimum atomic E-state index is -3.06. The van der Waals surface area contributed by atoms with E-state index >= 15 is 0 Å². The van der Waals surface area contributed by atoms with Crippen LogP contribution in [-0.2, 0) is 26.1 Å². The summed E-state index contributed by atoms with van der Waals surface area (Å²) in [6, 6.07) is 5.79. The lowest BCUT2D eigenvalue weighted by molar-refractivity contribution is -0.0344. The molecule has 2 aliphatic heterocycles. The summed E-state index contributed by atoms with van der Waals surface area (Å²) < 4.78 is 38.3. The summed E-state index contributed by atoms with van der Waals surface area (Å²) in [4.78, 5) is 4.26. The molecule has 1 spiro atoms. The average Bonchev–Trinajstić information content (AvgIpc) is 3.39. The van der Waals surface area contributed by atoms with Gasteiger partial charge in [0, 0.05) is 25.7 Å². The molecule has 24 heavy (non-hydrogen) atoms. The lowest BCUT2D eigenvalue weighted by atomic mass is 9.89. The van der Waals surface area contributed by atoms with E-state index in [1.165, 1.54) is 0 Å². The molecule has 0 N–H and O–H groups in total. The van der Waals surface area contributed by atoms with E-state index in [0.717, 1.165) is 37.8 Å². The molecular formula is C17H24N2O4S. The quantitative estimate of drug-likeness (QED) is 0.807. The van der Waals surface area contributed by atoms with Gasteiger partial charge in [0.25, 0.3) is 0 Å². The van der Waals surface area contributed by atoms with Crippen molar-refractivity contribution in [3.63, 3.8) is 0 Å². The standard InChI is InChI=1S/C17H24N2O4S/c20-24(21,16-4-5-16)19-9-6-17(7-10-19)11-15(13-23-17)22-12-14-3-1-2-8-18-14/h1-3,8,15-16H,4-7,9-13H2/t15-/m0/s1. The highest BCUT2D eigenvalue weighted by Gasteiger charge is 2.47. The maximum absolute atomic E-state index is 12.3. The third-order valence-electron chi connectivity index (χ3n) is 5.31. The Morgan fingerprint density at radius 1 is 1.29 bits per heavy atom. The predicted molar refractivity (Wildman–Crippen MR) is 88.9 cm³/mol. The first-order valence-electron chi connectivity index (χ1n) is 8.72. The number of sulfonamides is 1. The summed E-state index contributed by atoms with van der Waals surface area (Å²) in [6.07, 6.45) is 5.86. The molecule has 3 heterocycles. The largest absolute Gasteiger partial charge is 0.372 e. The molecule has 7 heteroatoms. The molecule has 4 rings (SSSR count). The molecule has 1 atom stereocenters. The summed E-state index contributed by atoms with van der Waals surface area (Å²) in [5.41, 5.74) is 0.716. The highest BCUT2D eigenvalue weighted by atomic mass is 32.2. The Kier molecular flexibility index (Phi) is 4.36. The van der Waals surface area contributed by atoms with Crippen LogP contribution in [-0.4, -0.2) is 54.4 Å². The summed E-state index contributed by atoms with van der Waals surface area (Å²) in [5, 5.41) is -0.120. The van der Waals surface area contributed by atoms with Crippen LogP contribution in [0.2, 0.25) is 0 Å². The zero-order chi connectivity index (χ0) is 16.6.